The lowest BCUT2D eigenvalue weighted by Crippen LogP contribution is -2.30. The van der Waals surface area contributed by atoms with Crippen LogP contribution in [0, 0.1) is 13.8 Å². The van der Waals surface area contributed by atoms with Gasteiger partial charge in [0.15, 0.2) is 0 Å². The van der Waals surface area contributed by atoms with E-state index in [-0.39, 0.29) is 11.5 Å². The zero-order valence-corrected chi connectivity index (χ0v) is 22.2. The molecule has 2 aromatic carbocycles. The molecule has 1 N–H and O–H groups in total. The Labute approximate surface area is 225 Å². The highest BCUT2D eigenvalue weighted by molar-refractivity contribution is 8.26. The fourth-order valence-corrected chi connectivity index (χ4v) is 5.47. The van der Waals surface area contributed by atoms with Crippen molar-refractivity contribution in [1.82, 2.24) is 14.3 Å². The first-order chi connectivity index (χ1) is 17.9. The summed E-state index contributed by atoms with van der Waals surface area (Å²) < 4.78 is 2.01. The van der Waals surface area contributed by atoms with Gasteiger partial charge in [-0.3, -0.25) is 18.9 Å². The summed E-state index contributed by atoms with van der Waals surface area (Å²) >= 11 is 6.74. The maximum atomic E-state index is 13.6. The summed E-state index contributed by atoms with van der Waals surface area (Å²) in [5.74, 6) is 0.249. The molecule has 0 saturated carbocycles. The van der Waals surface area contributed by atoms with Crippen molar-refractivity contribution >= 4 is 51.7 Å². The van der Waals surface area contributed by atoms with Gasteiger partial charge in [-0.1, -0.05) is 90.2 Å². The van der Waals surface area contributed by atoms with Crippen LogP contribution in [0.1, 0.15) is 27.8 Å². The molecule has 5 rings (SSSR count). The summed E-state index contributed by atoms with van der Waals surface area (Å²) in [5.41, 5.74) is 4.93. The summed E-state index contributed by atoms with van der Waals surface area (Å²) in [6.45, 7) is 4.94. The number of aryl methyl sites for hydroxylation is 2. The quantitative estimate of drug-likeness (QED) is 0.258. The van der Waals surface area contributed by atoms with Gasteiger partial charge in [0, 0.05) is 19.3 Å². The van der Waals surface area contributed by atoms with E-state index in [1.165, 1.54) is 21.7 Å². The van der Waals surface area contributed by atoms with Crippen LogP contribution in [0.4, 0.5) is 5.82 Å². The molecule has 6 nitrogen and oxygen atoms in total. The number of pyridine rings is 1. The largest absolute Gasteiger partial charge is 0.365 e. The van der Waals surface area contributed by atoms with Crippen molar-refractivity contribution in [3.63, 3.8) is 0 Å². The molecular weight excluding hydrogens is 500 g/mol. The number of hydrogen-bond acceptors (Lipinski definition) is 6. The second kappa shape index (κ2) is 10.7. The highest BCUT2D eigenvalue weighted by atomic mass is 32.2. The fraction of sp³-hybridized carbons (Fsp3) is 0.172. The van der Waals surface area contributed by atoms with Crippen molar-refractivity contribution in [2.45, 2.75) is 26.8 Å². The molecule has 1 aliphatic heterocycles. The number of thioether (sulfide) groups is 1. The summed E-state index contributed by atoms with van der Waals surface area (Å²) in [4.78, 5) is 33.7. The van der Waals surface area contributed by atoms with E-state index in [2.05, 4.69) is 5.32 Å². The second-order valence-corrected chi connectivity index (χ2v) is 10.6. The van der Waals surface area contributed by atoms with Gasteiger partial charge < -0.3 is 5.32 Å². The van der Waals surface area contributed by atoms with Crippen molar-refractivity contribution in [2.24, 2.45) is 0 Å². The van der Waals surface area contributed by atoms with Gasteiger partial charge in [-0.15, -0.1) is 0 Å². The molecule has 37 heavy (non-hydrogen) atoms. The van der Waals surface area contributed by atoms with Gasteiger partial charge in [0.1, 0.15) is 15.8 Å². The average molecular weight is 527 g/mol. The Morgan fingerprint density at radius 2 is 1.73 bits per heavy atom. The fourth-order valence-electron chi connectivity index (χ4n) is 4.18. The van der Waals surface area contributed by atoms with Gasteiger partial charge in [-0.05, 0) is 49.1 Å². The molecule has 8 heteroatoms. The monoisotopic (exact) mass is 526 g/mol. The molecule has 0 atom stereocenters. The molecule has 0 aliphatic carbocycles. The summed E-state index contributed by atoms with van der Waals surface area (Å²) in [6, 6.07) is 21.9. The molecule has 3 heterocycles. The third-order valence-corrected chi connectivity index (χ3v) is 7.66. The van der Waals surface area contributed by atoms with E-state index < -0.39 is 0 Å². The summed E-state index contributed by atoms with van der Waals surface area (Å²) in [7, 11) is 0. The van der Waals surface area contributed by atoms with E-state index in [4.69, 9.17) is 17.2 Å². The van der Waals surface area contributed by atoms with Gasteiger partial charge in [0.2, 0.25) is 0 Å². The number of carbonyl (C=O) groups excluding carboxylic acids is 1. The van der Waals surface area contributed by atoms with Crippen LogP contribution in [0.15, 0.2) is 82.6 Å². The minimum atomic E-state index is -0.241. The lowest BCUT2D eigenvalue weighted by molar-refractivity contribution is -0.122. The molecule has 1 saturated heterocycles. The predicted octanol–water partition coefficient (Wildman–Crippen LogP) is 5.37. The Morgan fingerprint density at radius 3 is 2.49 bits per heavy atom. The molecule has 1 fully saturated rings. The Bertz CT molecular complexity index is 1580. The summed E-state index contributed by atoms with van der Waals surface area (Å²) in [6.07, 6.45) is 4.02. The Balaban J connectivity index is 1.48. The molecule has 2 aromatic heterocycles. The van der Waals surface area contributed by atoms with Crippen LogP contribution in [0.3, 0.4) is 0 Å². The number of thiocarbonyl (C=S) groups is 1. The zero-order chi connectivity index (χ0) is 25.9. The van der Waals surface area contributed by atoms with E-state index in [1.54, 1.807) is 17.2 Å². The maximum absolute atomic E-state index is 13.6. The number of benzene rings is 2. The molecule has 1 amide bonds. The Kier molecular flexibility index (Phi) is 7.21. The number of aromatic nitrogens is 2. The topological polar surface area (TPSA) is 66.7 Å². The van der Waals surface area contributed by atoms with Crippen molar-refractivity contribution in [1.29, 1.82) is 0 Å². The normalized spacial score (nSPS) is 14.6. The summed E-state index contributed by atoms with van der Waals surface area (Å²) in [5, 5.41) is 3.33. The van der Waals surface area contributed by atoms with Crippen molar-refractivity contribution in [2.75, 3.05) is 11.9 Å². The molecular formula is C29H26N4O2S2. The molecule has 186 valence electrons. The van der Waals surface area contributed by atoms with E-state index in [0.717, 1.165) is 16.7 Å². The molecule has 1 aliphatic rings. The minimum absolute atomic E-state index is 0.191. The van der Waals surface area contributed by atoms with Crippen LogP contribution in [-0.2, 0) is 17.8 Å². The first-order valence-corrected chi connectivity index (χ1v) is 13.2. The number of amides is 1. The highest BCUT2D eigenvalue weighted by Crippen LogP contribution is 2.33. The Morgan fingerprint density at radius 1 is 0.973 bits per heavy atom. The maximum Gasteiger partial charge on any atom is 0.267 e. The van der Waals surface area contributed by atoms with E-state index in [1.807, 2.05) is 80.6 Å². The SMILES string of the molecule is Cc1ccc(CNc2nc3c(C)cccn3c(=O)c2/C=C2\SC(=S)N(CCc3ccccc3)C2=O)cc1. The molecule has 0 unspecified atom stereocenters. The van der Waals surface area contributed by atoms with Crippen LogP contribution >= 0.6 is 24.0 Å². The number of anilines is 1. The molecule has 0 bridgehead atoms. The van der Waals surface area contributed by atoms with Gasteiger partial charge in [0.05, 0.1) is 10.5 Å². The Hall–Kier alpha value is -3.75. The van der Waals surface area contributed by atoms with Crippen molar-refractivity contribution in [3.05, 3.63) is 116 Å². The van der Waals surface area contributed by atoms with E-state index >= 15 is 0 Å². The smallest absolute Gasteiger partial charge is 0.267 e. The third-order valence-electron chi connectivity index (χ3n) is 6.28. The van der Waals surface area contributed by atoms with Crippen LogP contribution in [-0.4, -0.2) is 31.1 Å². The average Bonchev–Trinajstić information content (AvgIpc) is 3.17. The number of hydrogen-bond donors (Lipinski definition) is 1. The zero-order valence-electron chi connectivity index (χ0n) is 20.6. The standard InChI is InChI=1S/C29H26N4O2S2/c1-19-10-12-22(13-11-19)18-30-25-23(27(34)32-15-6-7-20(2)26(32)31-25)17-24-28(35)33(29(36)37-24)16-14-21-8-4-3-5-9-21/h3-13,15,17,30H,14,16,18H2,1-2H3/b24-17-. The lowest BCUT2D eigenvalue weighted by atomic mass is 10.1. The second-order valence-electron chi connectivity index (χ2n) is 8.97. The predicted molar refractivity (Wildman–Crippen MR) is 155 cm³/mol. The number of nitrogens with zero attached hydrogens (tertiary/aromatic N) is 3. The number of nitrogens with one attached hydrogen (secondary N) is 1. The van der Waals surface area contributed by atoms with Gasteiger partial charge in [-0.25, -0.2) is 4.98 Å². The number of rotatable bonds is 7. The third kappa shape index (κ3) is 5.35. The van der Waals surface area contributed by atoms with Gasteiger partial charge >= 0.3 is 0 Å². The lowest BCUT2D eigenvalue weighted by Gasteiger charge is -2.14. The van der Waals surface area contributed by atoms with Crippen LogP contribution in [0.2, 0.25) is 0 Å². The molecule has 0 radical (unpaired) electrons. The van der Waals surface area contributed by atoms with Crippen LogP contribution in [0.5, 0.6) is 0 Å². The van der Waals surface area contributed by atoms with Crippen LogP contribution < -0.4 is 10.9 Å². The van der Waals surface area contributed by atoms with E-state index in [0.29, 0.717) is 45.8 Å². The van der Waals surface area contributed by atoms with Crippen LogP contribution in [0.25, 0.3) is 11.7 Å². The van der Waals surface area contributed by atoms with Crippen molar-refractivity contribution in [3.8, 4) is 0 Å². The number of fused-ring (bicyclic) bond motifs is 1. The van der Waals surface area contributed by atoms with E-state index in [9.17, 15) is 9.59 Å². The van der Waals surface area contributed by atoms with Crippen molar-refractivity contribution < 1.29 is 4.79 Å². The molecule has 0 spiro atoms. The molecule has 4 aromatic rings. The highest BCUT2D eigenvalue weighted by Gasteiger charge is 2.32. The number of carbonyl (C=O) groups is 1. The van der Waals surface area contributed by atoms with Gasteiger partial charge in [-0.2, -0.15) is 0 Å². The first-order valence-electron chi connectivity index (χ1n) is 12.0. The first kappa shape index (κ1) is 24.9. The minimum Gasteiger partial charge on any atom is -0.365 e. The van der Waals surface area contributed by atoms with Gasteiger partial charge in [0.25, 0.3) is 11.5 Å².